The molecule has 1 atom stereocenters. The maximum absolute atomic E-state index is 13.2. The highest BCUT2D eigenvalue weighted by Gasteiger charge is 2.40. The Bertz CT molecular complexity index is 1200. The summed E-state index contributed by atoms with van der Waals surface area (Å²) >= 11 is 0. The minimum absolute atomic E-state index is 0.0876. The maximum atomic E-state index is 13.2. The van der Waals surface area contributed by atoms with Crippen molar-refractivity contribution < 1.29 is 29.1 Å². The lowest BCUT2D eigenvalue weighted by Gasteiger charge is -2.32. The van der Waals surface area contributed by atoms with Crippen LogP contribution in [-0.2, 0) is 24.7 Å². The number of carboxylic acids is 1. The van der Waals surface area contributed by atoms with Crippen LogP contribution in [0.4, 0.5) is 4.79 Å². The Morgan fingerprint density at radius 3 is 2.03 bits per heavy atom. The normalized spacial score (nSPS) is 13.8. The van der Waals surface area contributed by atoms with Crippen LogP contribution in [0.25, 0.3) is 11.1 Å². The number of aliphatic carboxylic acids is 1. The van der Waals surface area contributed by atoms with Crippen LogP contribution >= 0.6 is 0 Å². The van der Waals surface area contributed by atoms with Gasteiger partial charge >= 0.3 is 12.1 Å². The molecule has 3 aromatic carbocycles. The highest BCUT2D eigenvalue weighted by atomic mass is 16.7. The van der Waals surface area contributed by atoms with Crippen LogP contribution in [0.2, 0.25) is 0 Å². The number of nitrogens with one attached hydrogen (secondary N) is 1. The summed E-state index contributed by atoms with van der Waals surface area (Å²) < 4.78 is 5.63. The number of hydrogen-bond acceptors (Lipinski definition) is 5. The third-order valence-corrected chi connectivity index (χ3v) is 6.14. The van der Waals surface area contributed by atoms with E-state index in [9.17, 15) is 14.4 Å². The molecule has 3 aromatic rings. The van der Waals surface area contributed by atoms with E-state index in [4.69, 9.17) is 14.7 Å². The van der Waals surface area contributed by atoms with Gasteiger partial charge in [-0.3, -0.25) is 9.63 Å². The van der Waals surface area contributed by atoms with Gasteiger partial charge in [-0.15, -0.1) is 0 Å². The fraction of sp³-hybridized carbons (Fsp3) is 0.222. The summed E-state index contributed by atoms with van der Waals surface area (Å²) in [7, 11) is 1.30. The summed E-state index contributed by atoms with van der Waals surface area (Å²) in [5.74, 6) is -2.01. The number of carbonyl (C=O) groups excluding carboxylic acids is 2. The fourth-order valence-electron chi connectivity index (χ4n) is 4.38. The third kappa shape index (κ3) is 4.88. The van der Waals surface area contributed by atoms with E-state index in [0.717, 1.165) is 27.3 Å². The van der Waals surface area contributed by atoms with E-state index in [2.05, 4.69) is 5.32 Å². The van der Waals surface area contributed by atoms with E-state index >= 15 is 0 Å². The smallest absolute Gasteiger partial charge is 0.408 e. The molecule has 0 saturated heterocycles. The van der Waals surface area contributed by atoms with Gasteiger partial charge in [0.2, 0.25) is 0 Å². The van der Waals surface area contributed by atoms with E-state index in [1.54, 1.807) is 30.3 Å². The zero-order valence-corrected chi connectivity index (χ0v) is 19.4. The first-order chi connectivity index (χ1) is 16.8. The molecule has 8 heteroatoms. The zero-order valence-electron chi connectivity index (χ0n) is 19.4. The number of carbonyl (C=O) groups is 3. The van der Waals surface area contributed by atoms with E-state index < -0.39 is 30.1 Å². The van der Waals surface area contributed by atoms with Gasteiger partial charge in [0.15, 0.2) is 6.61 Å². The fourth-order valence-corrected chi connectivity index (χ4v) is 4.38. The number of rotatable bonds is 8. The molecule has 0 fully saturated rings. The van der Waals surface area contributed by atoms with Gasteiger partial charge in [0, 0.05) is 13.0 Å². The van der Waals surface area contributed by atoms with Crippen molar-refractivity contribution in [3.8, 4) is 11.1 Å². The Labute approximate surface area is 203 Å². The van der Waals surface area contributed by atoms with Gasteiger partial charge in [0.1, 0.15) is 12.1 Å². The monoisotopic (exact) mass is 474 g/mol. The predicted octanol–water partition coefficient (Wildman–Crippen LogP) is 3.92. The molecule has 1 unspecified atom stereocenters. The SMILES string of the molecule is CN(OCC(=O)O)C(=O)C(C)(NC(=O)OCC1c2ccccc2-c2ccccc21)c1ccccc1. The number of benzene rings is 3. The maximum Gasteiger partial charge on any atom is 0.408 e. The van der Waals surface area contributed by atoms with Crippen molar-refractivity contribution in [3.05, 3.63) is 95.6 Å². The summed E-state index contributed by atoms with van der Waals surface area (Å²) in [6.45, 7) is 0.912. The first kappa shape index (κ1) is 24.0. The average Bonchev–Trinajstić information content (AvgIpc) is 3.19. The molecular weight excluding hydrogens is 448 g/mol. The van der Waals surface area contributed by atoms with Crippen LogP contribution in [-0.4, -0.2) is 48.4 Å². The molecule has 2 amide bonds. The lowest BCUT2D eigenvalue weighted by atomic mass is 9.91. The van der Waals surface area contributed by atoms with Crippen LogP contribution in [0.5, 0.6) is 0 Å². The second kappa shape index (κ2) is 9.99. The van der Waals surface area contributed by atoms with Crippen molar-refractivity contribution >= 4 is 18.0 Å². The van der Waals surface area contributed by atoms with Gasteiger partial charge < -0.3 is 15.2 Å². The molecule has 0 radical (unpaired) electrons. The Hall–Kier alpha value is -4.17. The van der Waals surface area contributed by atoms with Crippen molar-refractivity contribution in [1.29, 1.82) is 0 Å². The molecule has 2 N–H and O–H groups in total. The number of carboxylic acid groups (broad SMARTS) is 1. The highest BCUT2D eigenvalue weighted by Crippen LogP contribution is 2.44. The molecule has 0 heterocycles. The van der Waals surface area contributed by atoms with Crippen LogP contribution in [0.1, 0.15) is 29.5 Å². The van der Waals surface area contributed by atoms with E-state index in [-0.39, 0.29) is 12.5 Å². The largest absolute Gasteiger partial charge is 0.479 e. The second-order valence-electron chi connectivity index (χ2n) is 8.41. The number of fused-ring (bicyclic) bond motifs is 3. The molecule has 180 valence electrons. The third-order valence-electron chi connectivity index (χ3n) is 6.14. The molecule has 4 rings (SSSR count). The molecule has 0 aliphatic heterocycles. The van der Waals surface area contributed by atoms with Gasteiger partial charge in [0.05, 0.1) is 0 Å². The quantitative estimate of drug-likeness (QED) is 0.480. The molecule has 1 aliphatic rings. The Balaban J connectivity index is 1.52. The molecule has 0 spiro atoms. The van der Waals surface area contributed by atoms with E-state index in [0.29, 0.717) is 5.56 Å². The van der Waals surface area contributed by atoms with Crippen LogP contribution in [0.15, 0.2) is 78.9 Å². The van der Waals surface area contributed by atoms with E-state index in [1.165, 1.54) is 14.0 Å². The summed E-state index contributed by atoms with van der Waals surface area (Å²) in [6.07, 6.45) is -0.779. The molecule has 35 heavy (non-hydrogen) atoms. The Kier molecular flexibility index (Phi) is 6.84. The van der Waals surface area contributed by atoms with E-state index in [1.807, 2.05) is 48.5 Å². The Morgan fingerprint density at radius 2 is 1.46 bits per heavy atom. The van der Waals surface area contributed by atoms with Gasteiger partial charge in [-0.1, -0.05) is 78.9 Å². The minimum atomic E-state index is -1.56. The first-order valence-corrected chi connectivity index (χ1v) is 11.1. The van der Waals surface area contributed by atoms with Crippen molar-refractivity contribution in [2.75, 3.05) is 20.3 Å². The molecule has 1 aliphatic carbocycles. The zero-order chi connectivity index (χ0) is 25.0. The molecule has 8 nitrogen and oxygen atoms in total. The minimum Gasteiger partial charge on any atom is -0.479 e. The summed E-state index contributed by atoms with van der Waals surface area (Å²) in [4.78, 5) is 42.1. The molecule has 0 saturated carbocycles. The lowest BCUT2D eigenvalue weighted by Crippen LogP contribution is -2.55. The number of alkyl carbamates (subject to hydrolysis) is 1. The highest BCUT2D eigenvalue weighted by molar-refractivity contribution is 5.90. The summed E-state index contributed by atoms with van der Waals surface area (Å²) in [5, 5.41) is 12.4. The van der Waals surface area contributed by atoms with Gasteiger partial charge in [0.25, 0.3) is 5.91 Å². The summed E-state index contributed by atoms with van der Waals surface area (Å²) in [5.41, 5.74) is 3.30. The van der Waals surface area contributed by atoms with Crippen molar-refractivity contribution in [2.45, 2.75) is 18.4 Å². The molecule has 0 aromatic heterocycles. The lowest BCUT2D eigenvalue weighted by molar-refractivity contribution is -0.191. The molecule has 0 bridgehead atoms. The average molecular weight is 475 g/mol. The first-order valence-electron chi connectivity index (χ1n) is 11.1. The molecular formula is C27H26N2O6. The van der Waals surface area contributed by atoms with Crippen molar-refractivity contribution in [1.82, 2.24) is 10.4 Å². The second-order valence-corrected chi connectivity index (χ2v) is 8.41. The van der Waals surface area contributed by atoms with Crippen LogP contribution < -0.4 is 5.32 Å². The number of likely N-dealkylation sites (N-methyl/N-ethyl adjacent to an activating group) is 1. The standard InChI is InChI=1S/C27H26N2O6/c1-27(18-10-4-3-5-11-18,25(32)29(2)35-17-24(30)31)28-26(33)34-16-23-21-14-8-6-12-19(21)20-13-7-9-15-22(20)23/h3-15,23H,16-17H2,1-2H3,(H,28,33)(H,30,31). The summed E-state index contributed by atoms with van der Waals surface area (Å²) in [6, 6.07) is 24.6. The topological polar surface area (TPSA) is 105 Å². The number of ether oxygens (including phenoxy) is 1. The van der Waals surface area contributed by atoms with Crippen molar-refractivity contribution in [3.63, 3.8) is 0 Å². The van der Waals surface area contributed by atoms with Gasteiger partial charge in [-0.25, -0.2) is 14.7 Å². The number of amides is 2. The predicted molar refractivity (Wildman–Crippen MR) is 128 cm³/mol. The Morgan fingerprint density at radius 1 is 0.914 bits per heavy atom. The van der Waals surface area contributed by atoms with Gasteiger partial charge in [-0.05, 0) is 34.7 Å². The number of hydrogen-bond donors (Lipinski definition) is 2. The number of nitrogens with zero attached hydrogens (tertiary/aromatic N) is 1. The van der Waals surface area contributed by atoms with Gasteiger partial charge in [-0.2, -0.15) is 0 Å². The number of hydroxylamine groups is 2. The van der Waals surface area contributed by atoms with Crippen LogP contribution in [0.3, 0.4) is 0 Å². The van der Waals surface area contributed by atoms with Crippen LogP contribution in [0, 0.1) is 0 Å². The van der Waals surface area contributed by atoms with Crippen molar-refractivity contribution in [2.24, 2.45) is 0 Å².